The molecule has 2 aliphatic rings. The molecular weight excluding hydrogens is 336 g/mol. The number of nitro benzene ring substituents is 1. The standard InChI is InChI=1S/C20H19ClN2O2/c1-11-6-8-16-14-4-3-5-15(14)20(22-19(16)12(11)2)13-7-9-17(21)18(10-13)23(24)25/h3-4,6-10,14-15,20,22H,5H2,1-2H3/t14-,15-,20+/m0/s1. The zero-order chi connectivity index (χ0) is 17.7. The Hall–Kier alpha value is -2.33. The topological polar surface area (TPSA) is 55.2 Å². The number of rotatable bonds is 2. The average molecular weight is 355 g/mol. The molecule has 0 spiro atoms. The van der Waals surface area contributed by atoms with Gasteiger partial charge in [0.05, 0.1) is 11.0 Å². The van der Waals surface area contributed by atoms with Crippen LogP contribution in [-0.2, 0) is 0 Å². The summed E-state index contributed by atoms with van der Waals surface area (Å²) in [5.41, 5.74) is 5.85. The molecule has 2 aromatic carbocycles. The third-order valence-corrected chi connectivity index (χ3v) is 5.91. The first-order chi connectivity index (χ1) is 12.0. The van der Waals surface area contributed by atoms with Gasteiger partial charge in [0.15, 0.2) is 0 Å². The maximum atomic E-state index is 11.3. The molecule has 1 aliphatic carbocycles. The maximum absolute atomic E-state index is 11.3. The van der Waals surface area contributed by atoms with Crippen LogP contribution in [0.25, 0.3) is 0 Å². The van der Waals surface area contributed by atoms with Crippen LogP contribution in [0.2, 0.25) is 5.02 Å². The highest BCUT2D eigenvalue weighted by molar-refractivity contribution is 6.32. The molecule has 4 nitrogen and oxygen atoms in total. The molecule has 1 N–H and O–H groups in total. The predicted molar refractivity (Wildman–Crippen MR) is 100 cm³/mol. The Morgan fingerprint density at radius 2 is 2.04 bits per heavy atom. The lowest BCUT2D eigenvalue weighted by Gasteiger charge is -2.38. The fraction of sp³-hybridized carbons (Fsp3) is 0.300. The van der Waals surface area contributed by atoms with Crippen LogP contribution < -0.4 is 5.32 Å². The first kappa shape index (κ1) is 16.2. The second-order valence-electron chi connectivity index (χ2n) is 6.92. The summed E-state index contributed by atoms with van der Waals surface area (Å²) in [6, 6.07) is 9.56. The van der Waals surface area contributed by atoms with Gasteiger partial charge < -0.3 is 5.32 Å². The Morgan fingerprint density at radius 3 is 2.80 bits per heavy atom. The van der Waals surface area contributed by atoms with Crippen molar-refractivity contribution in [3.63, 3.8) is 0 Å². The molecule has 1 aliphatic heterocycles. The van der Waals surface area contributed by atoms with Crippen molar-refractivity contribution in [3.8, 4) is 0 Å². The van der Waals surface area contributed by atoms with Gasteiger partial charge in [-0.25, -0.2) is 0 Å². The summed E-state index contributed by atoms with van der Waals surface area (Å²) in [7, 11) is 0. The molecule has 0 fully saturated rings. The van der Waals surface area contributed by atoms with Crippen LogP contribution in [0.15, 0.2) is 42.5 Å². The third kappa shape index (κ3) is 2.52. The van der Waals surface area contributed by atoms with E-state index in [9.17, 15) is 10.1 Å². The van der Waals surface area contributed by atoms with Crippen molar-refractivity contribution in [1.29, 1.82) is 0 Å². The number of aryl methyl sites for hydroxylation is 1. The van der Waals surface area contributed by atoms with Crippen LogP contribution in [0.1, 0.15) is 40.6 Å². The average Bonchev–Trinajstić information content (AvgIpc) is 3.07. The fourth-order valence-corrected chi connectivity index (χ4v) is 4.30. The lowest BCUT2D eigenvalue weighted by Crippen LogP contribution is -2.29. The molecule has 0 saturated heterocycles. The van der Waals surface area contributed by atoms with Gasteiger partial charge in [0, 0.05) is 17.7 Å². The van der Waals surface area contributed by atoms with Crippen molar-refractivity contribution in [2.24, 2.45) is 5.92 Å². The zero-order valence-electron chi connectivity index (χ0n) is 14.1. The second-order valence-corrected chi connectivity index (χ2v) is 7.32. The lowest BCUT2D eigenvalue weighted by atomic mass is 9.76. The van der Waals surface area contributed by atoms with E-state index in [1.807, 2.05) is 6.07 Å². The summed E-state index contributed by atoms with van der Waals surface area (Å²) in [6.07, 6.45) is 5.46. The highest BCUT2D eigenvalue weighted by atomic mass is 35.5. The van der Waals surface area contributed by atoms with Gasteiger partial charge in [0.1, 0.15) is 5.02 Å². The molecule has 0 bridgehead atoms. The monoisotopic (exact) mass is 354 g/mol. The Kier molecular flexibility index (Phi) is 3.80. The van der Waals surface area contributed by atoms with Crippen LogP contribution in [0.4, 0.5) is 11.4 Å². The normalized spacial score (nSPS) is 23.7. The molecule has 0 amide bonds. The van der Waals surface area contributed by atoms with E-state index < -0.39 is 4.92 Å². The molecule has 2 aromatic rings. The van der Waals surface area contributed by atoms with Gasteiger partial charge in [0.25, 0.3) is 5.69 Å². The van der Waals surface area contributed by atoms with Gasteiger partial charge in [-0.3, -0.25) is 10.1 Å². The van der Waals surface area contributed by atoms with Crippen LogP contribution in [0.3, 0.4) is 0 Å². The summed E-state index contributed by atoms with van der Waals surface area (Å²) in [5, 5.41) is 15.1. The van der Waals surface area contributed by atoms with Crippen LogP contribution in [-0.4, -0.2) is 4.92 Å². The number of anilines is 1. The minimum absolute atomic E-state index is 0.0315. The van der Waals surface area contributed by atoms with Crippen molar-refractivity contribution in [1.82, 2.24) is 0 Å². The van der Waals surface area contributed by atoms with E-state index in [0.29, 0.717) is 11.8 Å². The van der Waals surface area contributed by atoms with Gasteiger partial charge in [-0.2, -0.15) is 0 Å². The molecule has 5 heteroatoms. The van der Waals surface area contributed by atoms with Gasteiger partial charge in [0.2, 0.25) is 0 Å². The van der Waals surface area contributed by atoms with Crippen LogP contribution in [0, 0.1) is 29.9 Å². The molecule has 3 atom stereocenters. The van der Waals surface area contributed by atoms with Crippen molar-refractivity contribution >= 4 is 23.0 Å². The van der Waals surface area contributed by atoms with E-state index in [1.165, 1.54) is 16.7 Å². The van der Waals surface area contributed by atoms with Crippen molar-refractivity contribution in [3.05, 3.63) is 79.9 Å². The number of nitrogens with zero attached hydrogens (tertiary/aromatic N) is 1. The predicted octanol–water partition coefficient (Wildman–Crippen LogP) is 5.69. The Bertz CT molecular complexity index is 907. The van der Waals surface area contributed by atoms with Gasteiger partial charge in [-0.05, 0) is 54.5 Å². The third-order valence-electron chi connectivity index (χ3n) is 5.59. The number of nitrogens with one attached hydrogen (secondary N) is 1. The van der Waals surface area contributed by atoms with E-state index in [2.05, 4.69) is 43.4 Å². The maximum Gasteiger partial charge on any atom is 0.288 e. The lowest BCUT2D eigenvalue weighted by molar-refractivity contribution is -0.384. The first-order valence-corrected chi connectivity index (χ1v) is 8.82. The smallest absolute Gasteiger partial charge is 0.288 e. The summed E-state index contributed by atoms with van der Waals surface area (Å²) < 4.78 is 0. The molecule has 0 saturated carbocycles. The highest BCUT2D eigenvalue weighted by Crippen LogP contribution is 2.51. The van der Waals surface area contributed by atoms with Gasteiger partial charge in [-0.1, -0.05) is 42.0 Å². The molecule has 1 heterocycles. The Morgan fingerprint density at radius 1 is 1.24 bits per heavy atom. The fourth-order valence-electron chi connectivity index (χ4n) is 4.11. The minimum Gasteiger partial charge on any atom is -0.377 e. The van der Waals surface area contributed by atoms with E-state index in [4.69, 9.17) is 11.6 Å². The zero-order valence-corrected chi connectivity index (χ0v) is 14.9. The SMILES string of the molecule is Cc1ccc2c(c1C)N[C@H](c1ccc(Cl)c([N+](=O)[O-])c1)[C@H]1CC=C[C@H]21. The van der Waals surface area contributed by atoms with E-state index in [-0.39, 0.29) is 16.8 Å². The molecule has 0 unspecified atom stereocenters. The highest BCUT2D eigenvalue weighted by Gasteiger charge is 2.39. The number of benzene rings is 2. The number of allylic oxidation sites excluding steroid dienone is 2. The molecule has 25 heavy (non-hydrogen) atoms. The molecule has 128 valence electrons. The number of fused-ring (bicyclic) bond motifs is 3. The number of halogens is 1. The minimum atomic E-state index is -0.414. The molecular formula is C20H19ClN2O2. The second kappa shape index (κ2) is 5.88. The number of hydrogen-bond donors (Lipinski definition) is 1. The number of nitro groups is 1. The first-order valence-electron chi connectivity index (χ1n) is 8.44. The van der Waals surface area contributed by atoms with E-state index >= 15 is 0 Å². The summed E-state index contributed by atoms with van der Waals surface area (Å²) in [6.45, 7) is 4.23. The van der Waals surface area contributed by atoms with Crippen molar-refractivity contribution in [2.75, 3.05) is 5.32 Å². The van der Waals surface area contributed by atoms with Crippen molar-refractivity contribution < 1.29 is 4.92 Å². The van der Waals surface area contributed by atoms with Crippen molar-refractivity contribution in [2.45, 2.75) is 32.2 Å². The van der Waals surface area contributed by atoms with Crippen LogP contribution in [0.5, 0.6) is 0 Å². The Labute approximate surface area is 151 Å². The summed E-state index contributed by atoms with van der Waals surface area (Å²) in [5.74, 6) is 0.700. The quantitative estimate of drug-likeness (QED) is 0.428. The van der Waals surface area contributed by atoms with Gasteiger partial charge in [-0.15, -0.1) is 0 Å². The Balaban J connectivity index is 1.83. The van der Waals surface area contributed by atoms with Gasteiger partial charge >= 0.3 is 0 Å². The summed E-state index contributed by atoms with van der Waals surface area (Å²) >= 11 is 5.99. The van der Waals surface area contributed by atoms with E-state index in [1.54, 1.807) is 12.1 Å². The van der Waals surface area contributed by atoms with Crippen LogP contribution >= 0.6 is 11.6 Å². The summed E-state index contributed by atoms with van der Waals surface area (Å²) in [4.78, 5) is 10.9. The largest absolute Gasteiger partial charge is 0.377 e. The number of hydrogen-bond acceptors (Lipinski definition) is 3. The molecule has 4 rings (SSSR count). The molecule has 0 radical (unpaired) electrons. The van der Waals surface area contributed by atoms with E-state index in [0.717, 1.165) is 17.7 Å². The molecule has 0 aromatic heterocycles.